The van der Waals surface area contributed by atoms with Gasteiger partial charge >= 0.3 is 0 Å². The molecule has 8 nitrogen and oxygen atoms in total. The van der Waals surface area contributed by atoms with E-state index in [1.807, 2.05) is 49.5 Å². The summed E-state index contributed by atoms with van der Waals surface area (Å²) in [6.45, 7) is 8.33. The predicted molar refractivity (Wildman–Crippen MR) is 145 cm³/mol. The number of hydrogen-bond donors (Lipinski definition) is 2. The van der Waals surface area contributed by atoms with Gasteiger partial charge in [-0.25, -0.2) is 0 Å². The van der Waals surface area contributed by atoms with E-state index in [2.05, 4.69) is 41.7 Å². The Balaban J connectivity index is 1.34. The van der Waals surface area contributed by atoms with Crippen LogP contribution in [0.15, 0.2) is 54.7 Å². The maximum atomic E-state index is 12.8. The number of ketones is 1. The van der Waals surface area contributed by atoms with Gasteiger partial charge in [0.15, 0.2) is 11.4 Å². The van der Waals surface area contributed by atoms with Crippen molar-refractivity contribution in [1.82, 2.24) is 19.6 Å². The van der Waals surface area contributed by atoms with Crippen LogP contribution in [0.4, 0.5) is 11.9 Å². The SMILES string of the molecule is Cc1cccc(C(=O)Cc2cccc(CNc3nc(NC4CCOCC4)nc4c(C(C)C)cnn34)c2)c1. The van der Waals surface area contributed by atoms with E-state index < -0.39 is 0 Å². The summed E-state index contributed by atoms with van der Waals surface area (Å²) in [5.41, 5.74) is 5.77. The summed E-state index contributed by atoms with van der Waals surface area (Å²) >= 11 is 0. The molecular weight excluding hydrogens is 464 g/mol. The van der Waals surface area contributed by atoms with E-state index in [9.17, 15) is 4.79 Å². The van der Waals surface area contributed by atoms with Crippen LogP contribution in [-0.2, 0) is 17.7 Å². The van der Waals surface area contributed by atoms with E-state index >= 15 is 0 Å². The number of rotatable bonds is 9. The van der Waals surface area contributed by atoms with E-state index in [0.29, 0.717) is 30.8 Å². The van der Waals surface area contributed by atoms with E-state index in [-0.39, 0.29) is 11.8 Å². The fourth-order valence-corrected chi connectivity index (χ4v) is 4.64. The van der Waals surface area contributed by atoms with Crippen molar-refractivity contribution in [2.75, 3.05) is 23.8 Å². The maximum absolute atomic E-state index is 12.8. The minimum absolute atomic E-state index is 0.118. The molecule has 0 atom stereocenters. The zero-order chi connectivity index (χ0) is 25.8. The van der Waals surface area contributed by atoms with Crippen LogP contribution in [0.5, 0.6) is 0 Å². The molecule has 37 heavy (non-hydrogen) atoms. The number of anilines is 2. The van der Waals surface area contributed by atoms with Crippen molar-refractivity contribution in [2.45, 2.75) is 58.5 Å². The van der Waals surface area contributed by atoms with Crippen LogP contribution >= 0.6 is 0 Å². The Morgan fingerprint density at radius 1 is 1.08 bits per heavy atom. The maximum Gasteiger partial charge on any atom is 0.229 e. The molecule has 0 amide bonds. The number of ether oxygens (including phenoxy) is 1. The van der Waals surface area contributed by atoms with Crippen molar-refractivity contribution >= 4 is 23.3 Å². The molecule has 8 heteroatoms. The topological polar surface area (TPSA) is 93.4 Å². The van der Waals surface area contributed by atoms with Crippen molar-refractivity contribution in [3.8, 4) is 0 Å². The van der Waals surface area contributed by atoms with Crippen LogP contribution in [0.3, 0.4) is 0 Å². The third kappa shape index (κ3) is 5.97. The zero-order valence-corrected chi connectivity index (χ0v) is 21.7. The number of nitrogens with one attached hydrogen (secondary N) is 2. The van der Waals surface area contributed by atoms with E-state index in [0.717, 1.165) is 59.5 Å². The van der Waals surface area contributed by atoms with Gasteiger partial charge in [0.1, 0.15) is 0 Å². The number of carbonyl (C=O) groups excluding carboxylic acids is 1. The minimum atomic E-state index is 0.118. The second kappa shape index (κ2) is 11.1. The molecule has 0 unspecified atom stereocenters. The molecule has 4 aromatic rings. The molecule has 0 saturated carbocycles. The van der Waals surface area contributed by atoms with Crippen LogP contribution < -0.4 is 10.6 Å². The molecule has 0 bridgehead atoms. The van der Waals surface area contributed by atoms with Gasteiger partial charge in [-0.05, 0) is 42.9 Å². The lowest BCUT2D eigenvalue weighted by molar-refractivity contribution is 0.0903. The lowest BCUT2D eigenvalue weighted by atomic mass is 10.0. The smallest absolute Gasteiger partial charge is 0.229 e. The monoisotopic (exact) mass is 498 g/mol. The highest BCUT2D eigenvalue weighted by atomic mass is 16.5. The van der Waals surface area contributed by atoms with Crippen LogP contribution in [-0.4, -0.2) is 44.6 Å². The van der Waals surface area contributed by atoms with Crippen molar-refractivity contribution in [1.29, 1.82) is 0 Å². The van der Waals surface area contributed by atoms with Crippen molar-refractivity contribution in [3.63, 3.8) is 0 Å². The lowest BCUT2D eigenvalue weighted by Crippen LogP contribution is -2.29. The Morgan fingerprint density at radius 3 is 2.65 bits per heavy atom. The number of aromatic nitrogens is 4. The quantitative estimate of drug-likeness (QED) is 0.307. The highest BCUT2D eigenvalue weighted by Gasteiger charge is 2.19. The first-order valence-corrected chi connectivity index (χ1v) is 13.0. The first kappa shape index (κ1) is 24.9. The predicted octanol–water partition coefficient (Wildman–Crippen LogP) is 5.18. The van der Waals surface area contributed by atoms with Crippen LogP contribution in [0.2, 0.25) is 0 Å². The Morgan fingerprint density at radius 2 is 1.86 bits per heavy atom. The second-order valence-corrected chi connectivity index (χ2v) is 10.0. The van der Waals surface area contributed by atoms with Gasteiger partial charge in [0.2, 0.25) is 11.9 Å². The molecule has 2 aromatic heterocycles. The highest BCUT2D eigenvalue weighted by Crippen LogP contribution is 2.23. The third-order valence-electron chi connectivity index (χ3n) is 6.72. The first-order chi connectivity index (χ1) is 18.0. The molecule has 1 aliphatic heterocycles. The third-order valence-corrected chi connectivity index (χ3v) is 6.72. The molecule has 0 radical (unpaired) electrons. The molecule has 0 aliphatic carbocycles. The van der Waals surface area contributed by atoms with Crippen LogP contribution in [0.1, 0.15) is 65.2 Å². The Kier molecular flexibility index (Phi) is 7.46. The Bertz CT molecular complexity index is 1390. The van der Waals surface area contributed by atoms with Gasteiger partial charge in [-0.3, -0.25) is 4.79 Å². The standard InChI is InChI=1S/C29H34N6O2/c1-19(2)25-18-31-35-27(25)33-28(32-24-10-12-37-13-11-24)34-29(35)30-17-22-8-5-7-21(15-22)16-26(36)23-9-4-6-20(3)14-23/h4-9,14-15,18-19,24H,10-13,16-17H2,1-3H3,(H2,30,32,33,34). The Labute approximate surface area is 217 Å². The minimum Gasteiger partial charge on any atom is -0.381 e. The van der Waals surface area contributed by atoms with Gasteiger partial charge in [0, 0.05) is 43.3 Å². The summed E-state index contributed by atoms with van der Waals surface area (Å²) in [6.07, 6.45) is 4.10. The van der Waals surface area contributed by atoms with Crippen LogP contribution in [0, 0.1) is 6.92 Å². The fraction of sp³-hybridized carbons (Fsp3) is 0.379. The molecule has 1 saturated heterocycles. The molecule has 192 valence electrons. The number of benzene rings is 2. The highest BCUT2D eigenvalue weighted by molar-refractivity contribution is 5.97. The van der Waals surface area contributed by atoms with Gasteiger partial charge in [0.25, 0.3) is 0 Å². The molecule has 3 heterocycles. The largest absolute Gasteiger partial charge is 0.381 e. The summed E-state index contributed by atoms with van der Waals surface area (Å²) in [7, 11) is 0. The second-order valence-electron chi connectivity index (χ2n) is 10.0. The van der Waals surface area contributed by atoms with Gasteiger partial charge < -0.3 is 15.4 Å². The first-order valence-electron chi connectivity index (χ1n) is 13.0. The molecule has 2 N–H and O–H groups in total. The van der Waals surface area contributed by atoms with Crippen molar-refractivity contribution in [2.24, 2.45) is 0 Å². The van der Waals surface area contributed by atoms with E-state index in [1.165, 1.54) is 0 Å². The van der Waals surface area contributed by atoms with Gasteiger partial charge in [0.05, 0.1) is 6.20 Å². The van der Waals surface area contributed by atoms with E-state index in [4.69, 9.17) is 14.7 Å². The summed E-state index contributed by atoms with van der Waals surface area (Å²) in [6, 6.07) is 16.2. The van der Waals surface area contributed by atoms with Gasteiger partial charge in [-0.2, -0.15) is 19.6 Å². The summed E-state index contributed by atoms with van der Waals surface area (Å²) in [5.74, 6) is 1.64. The molecule has 0 spiro atoms. The number of fused-ring (bicyclic) bond motifs is 1. The van der Waals surface area contributed by atoms with Crippen LogP contribution in [0.25, 0.3) is 5.65 Å². The molecule has 1 aliphatic rings. The van der Waals surface area contributed by atoms with Crippen molar-refractivity contribution in [3.05, 3.63) is 82.5 Å². The number of aryl methyl sites for hydroxylation is 1. The molecular formula is C29H34N6O2. The average molecular weight is 499 g/mol. The average Bonchev–Trinajstić information content (AvgIpc) is 3.33. The zero-order valence-electron chi connectivity index (χ0n) is 21.7. The molecule has 5 rings (SSSR count). The van der Waals surface area contributed by atoms with Gasteiger partial charge in [-0.15, -0.1) is 0 Å². The van der Waals surface area contributed by atoms with E-state index in [1.54, 1.807) is 4.52 Å². The number of carbonyl (C=O) groups is 1. The Hall–Kier alpha value is -3.78. The summed E-state index contributed by atoms with van der Waals surface area (Å²) in [5, 5.41) is 11.5. The lowest BCUT2D eigenvalue weighted by Gasteiger charge is -2.23. The number of hydrogen-bond acceptors (Lipinski definition) is 7. The summed E-state index contributed by atoms with van der Waals surface area (Å²) in [4.78, 5) is 22.4. The molecule has 1 fully saturated rings. The van der Waals surface area contributed by atoms with Gasteiger partial charge in [-0.1, -0.05) is 61.9 Å². The fourth-order valence-electron chi connectivity index (χ4n) is 4.64. The molecule has 2 aromatic carbocycles. The normalized spacial score (nSPS) is 14.3. The summed E-state index contributed by atoms with van der Waals surface area (Å²) < 4.78 is 7.27. The number of Topliss-reactive ketones (excluding diaryl/α,β-unsaturated/α-hetero) is 1. The van der Waals surface area contributed by atoms with Crippen molar-refractivity contribution < 1.29 is 9.53 Å². The number of nitrogens with zero attached hydrogens (tertiary/aromatic N) is 4.